The lowest BCUT2D eigenvalue weighted by Gasteiger charge is -2.29. The minimum absolute atomic E-state index is 0.177. The van der Waals surface area contributed by atoms with Gasteiger partial charge < -0.3 is 14.6 Å². The fraction of sp³-hybridized carbons (Fsp3) is 0.467. The van der Waals surface area contributed by atoms with Crippen LogP contribution < -0.4 is 5.32 Å². The predicted octanol–water partition coefficient (Wildman–Crippen LogP) is 0.851. The summed E-state index contributed by atoms with van der Waals surface area (Å²) in [5, 5.41) is 3.93. The van der Waals surface area contributed by atoms with Crippen molar-refractivity contribution in [3.05, 3.63) is 35.2 Å². The number of carbonyl (C=O) groups excluding carboxylic acids is 1. The highest BCUT2D eigenvalue weighted by Gasteiger charge is 2.18. The normalized spacial score (nSPS) is 15.7. The van der Waals surface area contributed by atoms with E-state index in [1.165, 1.54) is 0 Å². The molecule has 0 bridgehead atoms. The van der Waals surface area contributed by atoms with Crippen LogP contribution in [0.25, 0.3) is 5.65 Å². The van der Waals surface area contributed by atoms with Crippen molar-refractivity contribution in [2.75, 3.05) is 39.8 Å². The van der Waals surface area contributed by atoms with Gasteiger partial charge in [0.25, 0.3) is 0 Å². The van der Waals surface area contributed by atoms with Gasteiger partial charge in [-0.25, -0.2) is 4.98 Å². The number of pyridine rings is 1. The van der Waals surface area contributed by atoms with Crippen LogP contribution in [0, 0.1) is 0 Å². The number of amides is 1. The molecule has 3 rings (SSSR count). The fourth-order valence-corrected chi connectivity index (χ4v) is 2.84. The van der Waals surface area contributed by atoms with E-state index in [4.69, 9.17) is 11.6 Å². The summed E-state index contributed by atoms with van der Waals surface area (Å²) < 4.78 is 1.91. The topological polar surface area (TPSA) is 52.9 Å². The lowest BCUT2D eigenvalue weighted by Crippen LogP contribution is -2.49. The third-order valence-electron chi connectivity index (χ3n) is 3.77. The van der Waals surface area contributed by atoms with Crippen LogP contribution in [0.2, 0.25) is 5.02 Å². The second-order valence-electron chi connectivity index (χ2n) is 5.65. The molecule has 1 aliphatic heterocycles. The van der Waals surface area contributed by atoms with Crippen LogP contribution in [0.3, 0.4) is 0 Å². The molecule has 3 heterocycles. The number of nitrogens with zero attached hydrogens (tertiary/aromatic N) is 4. The number of likely N-dealkylation sites (N-methyl/N-ethyl adjacent to an activating group) is 1. The number of aromatic nitrogens is 2. The molecule has 0 atom stereocenters. The summed E-state index contributed by atoms with van der Waals surface area (Å²) in [5.74, 6) is 0.177. The van der Waals surface area contributed by atoms with Gasteiger partial charge in [-0.1, -0.05) is 11.6 Å². The molecule has 2 aromatic heterocycles. The number of nitrogens with one attached hydrogen (secondary N) is 1. The van der Waals surface area contributed by atoms with Gasteiger partial charge in [0.2, 0.25) is 5.91 Å². The SMILES string of the molecule is CN(CC(=O)N1CCNCC1)Cc1cn2cc(Cl)ccc2n1. The molecule has 1 fully saturated rings. The molecule has 1 N–H and O–H groups in total. The Morgan fingerprint density at radius 1 is 1.36 bits per heavy atom. The van der Waals surface area contributed by atoms with Crippen molar-refractivity contribution in [2.24, 2.45) is 0 Å². The Morgan fingerprint density at radius 3 is 2.91 bits per heavy atom. The van der Waals surface area contributed by atoms with Gasteiger partial charge in [0.05, 0.1) is 17.3 Å². The molecule has 6 nitrogen and oxygen atoms in total. The zero-order valence-electron chi connectivity index (χ0n) is 12.6. The Hall–Kier alpha value is -1.63. The number of piperazine rings is 1. The second-order valence-corrected chi connectivity index (χ2v) is 6.08. The molecule has 0 radical (unpaired) electrons. The van der Waals surface area contributed by atoms with Crippen LogP contribution in [0.1, 0.15) is 5.69 Å². The third kappa shape index (κ3) is 3.58. The first-order chi connectivity index (χ1) is 10.6. The molecule has 0 unspecified atom stereocenters. The van der Waals surface area contributed by atoms with E-state index < -0.39 is 0 Å². The average Bonchev–Trinajstić information content (AvgIpc) is 2.89. The molecular weight excluding hydrogens is 302 g/mol. The Morgan fingerprint density at radius 2 is 2.14 bits per heavy atom. The standard InChI is InChI=1S/C15H20ClN5O/c1-19(11-15(22)20-6-4-17-5-7-20)9-13-10-21-8-12(16)2-3-14(21)18-13/h2-3,8,10,17H,4-7,9,11H2,1H3. The summed E-state index contributed by atoms with van der Waals surface area (Å²) in [7, 11) is 1.94. The van der Waals surface area contributed by atoms with E-state index in [1.54, 1.807) is 0 Å². The fourth-order valence-electron chi connectivity index (χ4n) is 2.67. The minimum Gasteiger partial charge on any atom is -0.339 e. The van der Waals surface area contributed by atoms with Crippen molar-refractivity contribution in [3.63, 3.8) is 0 Å². The number of carbonyl (C=O) groups is 1. The summed E-state index contributed by atoms with van der Waals surface area (Å²) in [4.78, 5) is 20.7. The molecule has 1 saturated heterocycles. The van der Waals surface area contributed by atoms with Gasteiger partial charge in [-0.3, -0.25) is 9.69 Å². The van der Waals surface area contributed by atoms with Gasteiger partial charge in [-0.2, -0.15) is 0 Å². The van der Waals surface area contributed by atoms with Crippen LogP contribution in [0.15, 0.2) is 24.5 Å². The van der Waals surface area contributed by atoms with Crippen molar-refractivity contribution in [2.45, 2.75) is 6.54 Å². The van der Waals surface area contributed by atoms with Gasteiger partial charge >= 0.3 is 0 Å². The summed E-state index contributed by atoms with van der Waals surface area (Å²) in [6.45, 7) is 4.39. The Bertz CT molecular complexity index is 665. The van der Waals surface area contributed by atoms with Crippen molar-refractivity contribution in [3.8, 4) is 0 Å². The smallest absolute Gasteiger partial charge is 0.236 e. The highest BCUT2D eigenvalue weighted by atomic mass is 35.5. The molecule has 0 saturated carbocycles. The van der Waals surface area contributed by atoms with Crippen LogP contribution in [0.4, 0.5) is 0 Å². The largest absolute Gasteiger partial charge is 0.339 e. The van der Waals surface area contributed by atoms with Crippen LogP contribution in [0.5, 0.6) is 0 Å². The molecule has 22 heavy (non-hydrogen) atoms. The molecule has 2 aromatic rings. The summed E-state index contributed by atoms with van der Waals surface area (Å²) in [6.07, 6.45) is 3.78. The average molecular weight is 322 g/mol. The van der Waals surface area contributed by atoms with Crippen LogP contribution in [-0.2, 0) is 11.3 Å². The molecule has 0 aliphatic carbocycles. The zero-order chi connectivity index (χ0) is 15.5. The molecule has 118 valence electrons. The maximum absolute atomic E-state index is 12.2. The Balaban J connectivity index is 1.60. The highest BCUT2D eigenvalue weighted by molar-refractivity contribution is 6.30. The number of imidazole rings is 1. The number of hydrogen-bond donors (Lipinski definition) is 1. The molecular formula is C15H20ClN5O. The number of rotatable bonds is 4. The van der Waals surface area contributed by atoms with E-state index in [1.807, 2.05) is 45.8 Å². The van der Waals surface area contributed by atoms with Crippen molar-refractivity contribution < 1.29 is 4.79 Å². The van der Waals surface area contributed by atoms with Gasteiger partial charge in [-0.15, -0.1) is 0 Å². The highest BCUT2D eigenvalue weighted by Crippen LogP contribution is 2.12. The van der Waals surface area contributed by atoms with E-state index >= 15 is 0 Å². The number of halogens is 1. The molecule has 1 aliphatic rings. The number of fused-ring (bicyclic) bond motifs is 1. The van der Waals surface area contributed by atoms with E-state index in [2.05, 4.69) is 10.3 Å². The van der Waals surface area contributed by atoms with E-state index in [9.17, 15) is 4.79 Å². The second kappa shape index (κ2) is 6.64. The minimum atomic E-state index is 0.177. The molecule has 0 aromatic carbocycles. The predicted molar refractivity (Wildman–Crippen MR) is 86.0 cm³/mol. The first-order valence-electron chi connectivity index (χ1n) is 7.42. The van der Waals surface area contributed by atoms with Gasteiger partial charge in [0.1, 0.15) is 5.65 Å². The van der Waals surface area contributed by atoms with Gasteiger partial charge in [-0.05, 0) is 19.2 Å². The lowest BCUT2D eigenvalue weighted by atomic mass is 10.3. The summed E-state index contributed by atoms with van der Waals surface area (Å²) in [5.41, 5.74) is 1.79. The summed E-state index contributed by atoms with van der Waals surface area (Å²) in [6, 6.07) is 3.71. The monoisotopic (exact) mass is 321 g/mol. The van der Waals surface area contributed by atoms with E-state index in [-0.39, 0.29) is 5.91 Å². The molecule has 1 amide bonds. The van der Waals surface area contributed by atoms with Crippen molar-refractivity contribution >= 4 is 23.2 Å². The van der Waals surface area contributed by atoms with Crippen molar-refractivity contribution in [1.82, 2.24) is 24.5 Å². The molecule has 7 heteroatoms. The van der Waals surface area contributed by atoms with Crippen molar-refractivity contribution in [1.29, 1.82) is 0 Å². The lowest BCUT2D eigenvalue weighted by molar-refractivity contribution is -0.132. The van der Waals surface area contributed by atoms with Crippen LogP contribution >= 0.6 is 11.6 Å². The molecule has 0 spiro atoms. The Labute approximate surface area is 134 Å². The van der Waals surface area contributed by atoms with Gasteiger partial charge in [0.15, 0.2) is 0 Å². The van der Waals surface area contributed by atoms with E-state index in [0.29, 0.717) is 18.1 Å². The van der Waals surface area contributed by atoms with Crippen LogP contribution in [-0.4, -0.2) is 64.9 Å². The quantitative estimate of drug-likeness (QED) is 0.907. The maximum atomic E-state index is 12.2. The zero-order valence-corrected chi connectivity index (χ0v) is 13.4. The van der Waals surface area contributed by atoms with Gasteiger partial charge in [0, 0.05) is 45.1 Å². The summed E-state index contributed by atoms with van der Waals surface area (Å²) >= 11 is 5.97. The Kier molecular flexibility index (Phi) is 4.61. The van der Waals surface area contributed by atoms with E-state index in [0.717, 1.165) is 37.5 Å². The third-order valence-corrected chi connectivity index (χ3v) is 4.00. The first kappa shape index (κ1) is 15.3. The first-order valence-corrected chi connectivity index (χ1v) is 7.80. The maximum Gasteiger partial charge on any atom is 0.236 e. The number of hydrogen-bond acceptors (Lipinski definition) is 4.